The van der Waals surface area contributed by atoms with Gasteiger partial charge in [0.25, 0.3) is 0 Å². The molecule has 0 bridgehead atoms. The zero-order valence-corrected chi connectivity index (χ0v) is 24.4. The fourth-order valence-corrected chi connectivity index (χ4v) is 3.23. The second-order valence-corrected chi connectivity index (χ2v) is 9.31. The maximum Gasteiger partial charge on any atom is 0.317 e. The monoisotopic (exact) mass is 656 g/mol. The lowest BCUT2D eigenvalue weighted by atomic mass is 10.1. The Morgan fingerprint density at radius 1 is 0.511 bits per heavy atom. The first-order valence-electron chi connectivity index (χ1n) is 12.5. The van der Waals surface area contributed by atoms with Crippen LogP contribution in [0.25, 0.3) is 0 Å². The van der Waals surface area contributed by atoms with Crippen LogP contribution in [0.1, 0.15) is 89.0 Å². The molecule has 1 amide bonds. The molecule has 0 saturated heterocycles. The van der Waals surface area contributed by atoms with E-state index in [2.05, 4.69) is 16.0 Å². The minimum Gasteiger partial charge on any atom is -0.481 e. The first kappa shape index (κ1) is 57.0. The Balaban J connectivity index is -0.0000000997. The Morgan fingerprint density at radius 2 is 0.844 bits per heavy atom. The van der Waals surface area contributed by atoms with E-state index in [4.69, 9.17) is 20.4 Å². The Kier molecular flexibility index (Phi) is 41.9. The topological polar surface area (TPSA) is 257 Å². The van der Waals surface area contributed by atoms with Crippen molar-refractivity contribution in [3.05, 3.63) is 0 Å². The van der Waals surface area contributed by atoms with Crippen LogP contribution in [0.3, 0.4) is 0 Å². The molecule has 0 aromatic rings. The summed E-state index contributed by atoms with van der Waals surface area (Å²) < 4.78 is 0. The molecular weight excluding hydrogens is 596 g/mol. The summed E-state index contributed by atoms with van der Waals surface area (Å²) in [6, 6.07) is -1.56. The van der Waals surface area contributed by atoms with Gasteiger partial charge in [0.15, 0.2) is 0 Å². The number of carbonyl (C=O) groups excluding carboxylic acids is 4. The van der Waals surface area contributed by atoms with Gasteiger partial charge in [-0.05, 0) is 41.9 Å². The average molecular weight is 657 g/mol. The van der Waals surface area contributed by atoms with Crippen molar-refractivity contribution in [2.24, 2.45) is 0 Å². The van der Waals surface area contributed by atoms with Crippen molar-refractivity contribution in [2.75, 3.05) is 34.2 Å². The molecule has 0 aromatic carbocycles. The van der Waals surface area contributed by atoms with E-state index in [1.54, 1.807) is 14.1 Å². The van der Waals surface area contributed by atoms with Crippen molar-refractivity contribution in [1.29, 1.82) is 0 Å². The SMILES string of the molecule is C.C.C.C.CC(=O)CN(C)CC(=O)O.CNC(CC(=O)O)CC(=O)NC(CC(C)=O)CC(=O)O.CNC(CC(C)=O)CC(=O)O. The first-order valence-corrected chi connectivity index (χ1v) is 12.5. The number of hydrogen-bond donors (Lipinski definition) is 7. The molecule has 0 aromatic heterocycles. The molecule has 0 fully saturated rings. The van der Waals surface area contributed by atoms with E-state index < -0.39 is 41.9 Å². The van der Waals surface area contributed by atoms with E-state index in [9.17, 15) is 38.4 Å². The number of carboxylic acid groups (broad SMARTS) is 4. The van der Waals surface area contributed by atoms with Crippen LogP contribution in [0, 0.1) is 0 Å². The molecule has 0 spiro atoms. The van der Waals surface area contributed by atoms with Gasteiger partial charge < -0.3 is 36.4 Å². The lowest BCUT2D eigenvalue weighted by Crippen LogP contribution is -2.41. The van der Waals surface area contributed by atoms with Crippen LogP contribution in [0.5, 0.6) is 0 Å². The summed E-state index contributed by atoms with van der Waals surface area (Å²) >= 11 is 0. The zero-order valence-electron chi connectivity index (χ0n) is 24.4. The number of nitrogens with one attached hydrogen (secondary N) is 3. The van der Waals surface area contributed by atoms with Crippen LogP contribution in [0.2, 0.25) is 0 Å². The lowest BCUT2D eigenvalue weighted by molar-refractivity contribution is -0.139. The van der Waals surface area contributed by atoms with Crippen molar-refractivity contribution < 1.29 is 58.8 Å². The highest BCUT2D eigenvalue weighted by Crippen LogP contribution is 2.03. The van der Waals surface area contributed by atoms with Crippen molar-refractivity contribution in [1.82, 2.24) is 20.9 Å². The Morgan fingerprint density at radius 3 is 1.13 bits per heavy atom. The molecule has 0 aliphatic carbocycles. The number of carbonyl (C=O) groups is 8. The molecule has 0 saturated carbocycles. The number of Topliss-reactive ketones (excluding diaryl/α,β-unsaturated/α-hetero) is 3. The third kappa shape index (κ3) is 44.8. The normalized spacial score (nSPS) is 11.2. The summed E-state index contributed by atoms with van der Waals surface area (Å²) in [6.07, 6.45) is -0.467. The maximum absolute atomic E-state index is 11.7. The minimum atomic E-state index is -1.12. The predicted molar refractivity (Wildman–Crippen MR) is 172 cm³/mol. The molecule has 7 N–H and O–H groups in total. The highest BCUT2D eigenvalue weighted by atomic mass is 16.4. The fraction of sp³-hybridized carbons (Fsp3) is 0.724. The van der Waals surface area contributed by atoms with Crippen LogP contribution in [0.4, 0.5) is 0 Å². The van der Waals surface area contributed by atoms with E-state index in [1.165, 1.54) is 32.7 Å². The molecule has 0 radical (unpaired) electrons. The first-order chi connectivity index (χ1) is 18.8. The number of amides is 1. The summed E-state index contributed by atoms with van der Waals surface area (Å²) in [7, 11) is 4.78. The van der Waals surface area contributed by atoms with E-state index in [0.717, 1.165) is 0 Å². The third-order valence-electron chi connectivity index (χ3n) is 4.84. The molecule has 0 heterocycles. The molecule has 3 unspecified atom stereocenters. The molecule has 16 nitrogen and oxygen atoms in total. The largest absolute Gasteiger partial charge is 0.481 e. The summed E-state index contributed by atoms with van der Waals surface area (Å²) in [5.41, 5.74) is 0. The standard InChI is InChI=1S/C12H20N2O6.C7H13NO3.C6H11NO3.4CH4/c1-7(15)3-9(6-12(19)20)14-10(16)4-8(13-2)5-11(17)18;1-5(9)3-6(8-2)4-7(10)11;1-5(8)3-7(2)4-6(9)10;;;;/h8-9,13H,3-6H2,1-2H3,(H,14,16)(H,17,18)(H,19,20);6,8H,3-4H2,1-2H3,(H,10,11);3-4H2,1-2H3,(H,9,10);4*1H4. The quantitative estimate of drug-likeness (QED) is 0.104. The smallest absolute Gasteiger partial charge is 0.317 e. The molecular formula is C29H60N4O12. The Labute approximate surface area is 268 Å². The van der Waals surface area contributed by atoms with Crippen LogP contribution in [-0.2, 0) is 38.4 Å². The Hall–Kier alpha value is -3.76. The van der Waals surface area contributed by atoms with Crippen LogP contribution < -0.4 is 16.0 Å². The van der Waals surface area contributed by atoms with E-state index >= 15 is 0 Å². The lowest BCUT2D eigenvalue weighted by Gasteiger charge is -2.18. The van der Waals surface area contributed by atoms with Gasteiger partial charge in [-0.1, -0.05) is 29.7 Å². The van der Waals surface area contributed by atoms with Gasteiger partial charge in [0.1, 0.15) is 17.3 Å². The highest BCUT2D eigenvalue weighted by Gasteiger charge is 2.21. The van der Waals surface area contributed by atoms with Crippen molar-refractivity contribution in [3.63, 3.8) is 0 Å². The van der Waals surface area contributed by atoms with Crippen molar-refractivity contribution in [2.45, 2.75) is 107 Å². The van der Waals surface area contributed by atoms with Gasteiger partial charge in [-0.3, -0.25) is 43.3 Å². The molecule has 0 aliphatic rings. The summed E-state index contributed by atoms with van der Waals surface area (Å²) in [4.78, 5) is 86.6. The molecule has 45 heavy (non-hydrogen) atoms. The third-order valence-corrected chi connectivity index (χ3v) is 4.84. The second kappa shape index (κ2) is 33.1. The molecule has 268 valence electrons. The minimum absolute atomic E-state index is 0. The number of likely N-dealkylation sites (N-methyl/N-ethyl adjacent to an activating group) is 1. The zero-order chi connectivity index (χ0) is 32.7. The molecule has 0 aliphatic heterocycles. The van der Waals surface area contributed by atoms with Crippen LogP contribution >= 0.6 is 0 Å². The number of ketones is 3. The van der Waals surface area contributed by atoms with Gasteiger partial charge >= 0.3 is 23.9 Å². The van der Waals surface area contributed by atoms with Gasteiger partial charge in [0, 0.05) is 37.4 Å². The van der Waals surface area contributed by atoms with Gasteiger partial charge in [0.2, 0.25) is 5.91 Å². The van der Waals surface area contributed by atoms with Crippen molar-refractivity contribution in [3.8, 4) is 0 Å². The van der Waals surface area contributed by atoms with Gasteiger partial charge in [-0.25, -0.2) is 0 Å². The van der Waals surface area contributed by atoms with Gasteiger partial charge in [-0.2, -0.15) is 0 Å². The molecule has 0 rings (SSSR count). The van der Waals surface area contributed by atoms with Crippen LogP contribution in [0.15, 0.2) is 0 Å². The van der Waals surface area contributed by atoms with E-state index in [0.29, 0.717) is 0 Å². The predicted octanol–water partition coefficient (Wildman–Crippen LogP) is 1.54. The van der Waals surface area contributed by atoms with Gasteiger partial charge in [0.05, 0.1) is 32.4 Å². The summed E-state index contributed by atoms with van der Waals surface area (Å²) in [5.74, 6) is -4.69. The summed E-state index contributed by atoms with van der Waals surface area (Å²) in [5, 5.41) is 41.9. The molecule has 16 heteroatoms. The number of nitrogens with zero attached hydrogens (tertiary/aromatic N) is 1. The van der Waals surface area contributed by atoms with E-state index in [-0.39, 0.29) is 105 Å². The number of carboxylic acids is 4. The number of aliphatic carboxylic acids is 4. The van der Waals surface area contributed by atoms with Crippen molar-refractivity contribution >= 4 is 47.1 Å². The number of hydrogen-bond acceptors (Lipinski definition) is 11. The molecule has 3 atom stereocenters. The highest BCUT2D eigenvalue weighted by molar-refractivity contribution is 5.82. The average Bonchev–Trinajstić information content (AvgIpc) is 2.75. The second-order valence-electron chi connectivity index (χ2n) is 9.31. The number of rotatable bonds is 19. The van der Waals surface area contributed by atoms with Crippen LogP contribution in [-0.4, -0.2) is 125 Å². The van der Waals surface area contributed by atoms with Gasteiger partial charge in [-0.15, -0.1) is 0 Å². The fourth-order valence-electron chi connectivity index (χ4n) is 3.23. The maximum atomic E-state index is 11.7. The van der Waals surface area contributed by atoms with E-state index in [1.807, 2.05) is 0 Å². The Bertz CT molecular complexity index is 848. The summed E-state index contributed by atoms with van der Waals surface area (Å²) in [6.45, 7) is 4.30.